The van der Waals surface area contributed by atoms with Crippen molar-refractivity contribution in [2.24, 2.45) is 0 Å². The van der Waals surface area contributed by atoms with Crippen LogP contribution in [-0.4, -0.2) is 54.1 Å². The maximum atomic E-state index is 12.8. The monoisotopic (exact) mass is 392 g/mol. The molecule has 2 amide bonds. The summed E-state index contributed by atoms with van der Waals surface area (Å²) >= 11 is 3.53. The first-order valence-electron chi connectivity index (χ1n) is 7.28. The quantitative estimate of drug-likeness (QED) is 0.719. The number of carbonyl (C=O) groups is 1. The highest BCUT2D eigenvalue weighted by Crippen LogP contribution is 2.33. The maximum absolute atomic E-state index is 12.8. The lowest BCUT2D eigenvalue weighted by Gasteiger charge is -2.19. The summed E-state index contributed by atoms with van der Waals surface area (Å²) in [6.07, 6.45) is 0.918. The molecule has 0 spiro atoms. The standard InChI is InChI=1S/C15H16BrF3N2O2/c16-10-5-12-7-21(14(22)20(12)6-10)11-1-3-13(4-2-11)23-9-15(18,19)8-17/h1-4,10,12H,5-9H2/t10-,12-/m1/s1. The number of anilines is 1. The minimum Gasteiger partial charge on any atom is -0.487 e. The Bertz CT molecular complexity index is 585. The highest BCUT2D eigenvalue weighted by Gasteiger charge is 2.43. The Hall–Kier alpha value is -1.44. The molecule has 2 aliphatic heterocycles. The maximum Gasteiger partial charge on any atom is 0.324 e. The van der Waals surface area contributed by atoms with Crippen LogP contribution in [0.4, 0.5) is 23.7 Å². The third-order valence-electron chi connectivity index (χ3n) is 4.03. The summed E-state index contributed by atoms with van der Waals surface area (Å²) in [6, 6.07) is 6.46. The number of benzene rings is 1. The zero-order valence-corrected chi connectivity index (χ0v) is 13.8. The fourth-order valence-corrected chi connectivity index (χ4v) is 3.62. The summed E-state index contributed by atoms with van der Waals surface area (Å²) < 4.78 is 42.6. The van der Waals surface area contributed by atoms with Gasteiger partial charge in [-0.25, -0.2) is 9.18 Å². The molecule has 2 heterocycles. The van der Waals surface area contributed by atoms with Crippen LogP contribution in [-0.2, 0) is 0 Å². The van der Waals surface area contributed by atoms with Crippen molar-refractivity contribution in [2.45, 2.75) is 23.2 Å². The Morgan fingerprint density at radius 3 is 2.57 bits per heavy atom. The molecule has 0 saturated carbocycles. The first-order valence-corrected chi connectivity index (χ1v) is 8.20. The summed E-state index contributed by atoms with van der Waals surface area (Å²) in [7, 11) is 0. The lowest BCUT2D eigenvalue weighted by atomic mass is 10.2. The second kappa shape index (κ2) is 6.22. The predicted molar refractivity (Wildman–Crippen MR) is 83.4 cm³/mol. The van der Waals surface area contributed by atoms with E-state index in [9.17, 15) is 18.0 Å². The predicted octanol–water partition coefficient (Wildman–Crippen LogP) is 3.45. The van der Waals surface area contributed by atoms with Gasteiger partial charge in [-0.1, -0.05) is 15.9 Å². The van der Waals surface area contributed by atoms with Crippen molar-refractivity contribution in [2.75, 3.05) is 31.3 Å². The third-order valence-corrected chi connectivity index (χ3v) is 4.69. The van der Waals surface area contributed by atoms with E-state index >= 15 is 0 Å². The van der Waals surface area contributed by atoms with Gasteiger partial charge in [0.05, 0.1) is 6.04 Å². The molecule has 0 bridgehead atoms. The van der Waals surface area contributed by atoms with Gasteiger partial charge in [-0.05, 0) is 30.7 Å². The van der Waals surface area contributed by atoms with Gasteiger partial charge in [0.1, 0.15) is 5.75 Å². The third kappa shape index (κ3) is 3.41. The smallest absolute Gasteiger partial charge is 0.324 e. The van der Waals surface area contributed by atoms with Crippen molar-refractivity contribution in [3.05, 3.63) is 24.3 Å². The highest BCUT2D eigenvalue weighted by molar-refractivity contribution is 9.09. The molecule has 0 unspecified atom stereocenters. The van der Waals surface area contributed by atoms with E-state index in [2.05, 4.69) is 15.9 Å². The van der Waals surface area contributed by atoms with E-state index in [0.29, 0.717) is 23.6 Å². The van der Waals surface area contributed by atoms with Crippen LogP contribution >= 0.6 is 15.9 Å². The summed E-state index contributed by atoms with van der Waals surface area (Å²) in [4.78, 5) is 16.2. The highest BCUT2D eigenvalue weighted by atomic mass is 79.9. The van der Waals surface area contributed by atoms with Crippen LogP contribution in [0.15, 0.2) is 24.3 Å². The summed E-state index contributed by atoms with van der Waals surface area (Å²) in [5, 5.41) is 0. The molecule has 0 N–H and O–H groups in total. The van der Waals surface area contributed by atoms with Gasteiger partial charge in [-0.2, -0.15) is 8.78 Å². The number of nitrogens with zero attached hydrogens (tertiary/aromatic N) is 2. The molecule has 23 heavy (non-hydrogen) atoms. The lowest BCUT2D eigenvalue weighted by Crippen LogP contribution is -2.32. The molecule has 4 nitrogen and oxygen atoms in total. The Balaban J connectivity index is 1.63. The van der Waals surface area contributed by atoms with Crippen LogP contribution < -0.4 is 9.64 Å². The molecule has 126 valence electrons. The van der Waals surface area contributed by atoms with E-state index in [-0.39, 0.29) is 17.8 Å². The largest absolute Gasteiger partial charge is 0.487 e. The number of ether oxygens (including phenoxy) is 1. The van der Waals surface area contributed by atoms with Gasteiger partial charge in [-0.3, -0.25) is 4.90 Å². The minimum absolute atomic E-state index is 0.0467. The Morgan fingerprint density at radius 2 is 1.96 bits per heavy atom. The second-order valence-corrected chi connectivity index (χ2v) is 7.10. The molecule has 8 heteroatoms. The number of urea groups is 1. The Morgan fingerprint density at radius 1 is 1.26 bits per heavy atom. The number of alkyl halides is 4. The number of fused-ring (bicyclic) bond motifs is 1. The average molecular weight is 393 g/mol. The van der Waals surface area contributed by atoms with Crippen LogP contribution in [0.1, 0.15) is 6.42 Å². The van der Waals surface area contributed by atoms with Crippen molar-refractivity contribution in [3.63, 3.8) is 0 Å². The molecule has 2 fully saturated rings. The minimum atomic E-state index is -3.49. The molecular weight excluding hydrogens is 377 g/mol. The molecular formula is C15H16BrF3N2O2. The summed E-state index contributed by atoms with van der Waals surface area (Å²) in [5.74, 6) is -3.27. The average Bonchev–Trinajstić information content (AvgIpc) is 3.04. The fraction of sp³-hybridized carbons (Fsp3) is 0.533. The zero-order chi connectivity index (χ0) is 16.6. The van der Waals surface area contributed by atoms with Crippen molar-refractivity contribution < 1.29 is 22.7 Å². The Labute approximate surface area is 140 Å². The summed E-state index contributed by atoms with van der Waals surface area (Å²) in [6.45, 7) is -1.45. The van der Waals surface area contributed by atoms with Gasteiger partial charge >= 0.3 is 12.0 Å². The van der Waals surface area contributed by atoms with Crippen LogP contribution in [0.3, 0.4) is 0 Å². The number of hydrogen-bond acceptors (Lipinski definition) is 2. The first-order chi connectivity index (χ1) is 10.9. The van der Waals surface area contributed by atoms with Gasteiger partial charge in [-0.15, -0.1) is 0 Å². The van der Waals surface area contributed by atoms with Gasteiger partial charge in [0.2, 0.25) is 0 Å². The number of rotatable bonds is 5. The SMILES string of the molecule is O=C1N(c2ccc(OCC(F)(F)CF)cc2)C[C@H]2C[C@@H](Br)CN12. The van der Waals surface area contributed by atoms with Crippen LogP contribution in [0.5, 0.6) is 5.75 Å². The van der Waals surface area contributed by atoms with Crippen molar-refractivity contribution in [1.29, 1.82) is 0 Å². The number of amides is 2. The fourth-order valence-electron chi connectivity index (χ4n) is 2.88. The van der Waals surface area contributed by atoms with Crippen LogP contribution in [0.2, 0.25) is 0 Å². The molecule has 2 aliphatic rings. The van der Waals surface area contributed by atoms with Crippen LogP contribution in [0, 0.1) is 0 Å². The number of hydrogen-bond donors (Lipinski definition) is 0. The molecule has 1 aromatic rings. The topological polar surface area (TPSA) is 32.8 Å². The van der Waals surface area contributed by atoms with Crippen molar-refractivity contribution in [1.82, 2.24) is 4.90 Å². The van der Waals surface area contributed by atoms with Gasteiger partial charge in [0.25, 0.3) is 0 Å². The van der Waals surface area contributed by atoms with E-state index in [1.165, 1.54) is 12.1 Å². The Kier molecular flexibility index (Phi) is 4.44. The summed E-state index contributed by atoms with van der Waals surface area (Å²) in [5.41, 5.74) is 0.695. The molecule has 0 radical (unpaired) electrons. The number of halogens is 4. The lowest BCUT2D eigenvalue weighted by molar-refractivity contribution is -0.0584. The molecule has 0 aromatic heterocycles. The zero-order valence-electron chi connectivity index (χ0n) is 12.2. The van der Waals surface area contributed by atoms with Crippen LogP contribution in [0.25, 0.3) is 0 Å². The molecule has 0 aliphatic carbocycles. The van der Waals surface area contributed by atoms with E-state index < -0.39 is 19.2 Å². The van der Waals surface area contributed by atoms with Gasteiger partial charge < -0.3 is 9.64 Å². The van der Waals surface area contributed by atoms with E-state index in [1.807, 2.05) is 4.90 Å². The molecule has 2 atom stereocenters. The normalized spacial score (nSPS) is 24.3. The van der Waals surface area contributed by atoms with E-state index in [1.54, 1.807) is 17.0 Å². The van der Waals surface area contributed by atoms with Gasteiger partial charge in [0.15, 0.2) is 13.3 Å². The van der Waals surface area contributed by atoms with Crippen molar-refractivity contribution >= 4 is 27.6 Å². The molecule has 1 aromatic carbocycles. The molecule has 3 rings (SSSR count). The second-order valence-electron chi connectivity index (χ2n) is 5.80. The molecule has 2 saturated heterocycles. The first kappa shape index (κ1) is 16.4. The van der Waals surface area contributed by atoms with Gasteiger partial charge in [0, 0.05) is 23.6 Å². The van der Waals surface area contributed by atoms with Crippen molar-refractivity contribution in [3.8, 4) is 5.75 Å². The van der Waals surface area contributed by atoms with E-state index in [4.69, 9.17) is 4.74 Å². The van der Waals surface area contributed by atoms with E-state index in [0.717, 1.165) is 6.42 Å². The number of carbonyl (C=O) groups excluding carboxylic acids is 1.